The molecule has 0 aliphatic carbocycles. The first kappa shape index (κ1) is 13.6. The summed E-state index contributed by atoms with van der Waals surface area (Å²) in [5.74, 6) is -0.00593. The van der Waals surface area contributed by atoms with Crippen molar-refractivity contribution in [1.29, 1.82) is 0 Å². The van der Waals surface area contributed by atoms with Crippen LogP contribution in [0.15, 0.2) is 41.3 Å². The van der Waals surface area contributed by atoms with E-state index in [1.54, 1.807) is 31.2 Å². The normalized spacial score (nSPS) is 11.5. The molecule has 0 unspecified atom stereocenters. The minimum atomic E-state index is -4.32. The topological polar surface area (TPSA) is 74.6 Å². The van der Waals surface area contributed by atoms with Gasteiger partial charge in [-0.3, -0.25) is 4.55 Å². The number of hydrogen-bond donors (Lipinski definition) is 2. The van der Waals surface area contributed by atoms with Crippen molar-refractivity contribution in [2.24, 2.45) is 0 Å². The number of benzene rings is 2. The average molecular weight is 278 g/mol. The van der Waals surface area contributed by atoms with Crippen molar-refractivity contribution in [3.63, 3.8) is 0 Å². The predicted molar refractivity (Wildman–Crippen MR) is 72.8 cm³/mol. The molecule has 0 radical (unpaired) electrons. The van der Waals surface area contributed by atoms with Crippen molar-refractivity contribution in [2.45, 2.75) is 18.7 Å². The van der Waals surface area contributed by atoms with Crippen molar-refractivity contribution in [2.75, 3.05) is 0 Å². The molecule has 0 atom stereocenters. The van der Waals surface area contributed by atoms with Crippen LogP contribution in [0.3, 0.4) is 0 Å². The zero-order chi connectivity index (χ0) is 14.2. The van der Waals surface area contributed by atoms with Gasteiger partial charge in [-0.05, 0) is 36.6 Å². The first-order chi connectivity index (χ1) is 8.82. The Morgan fingerprint density at radius 1 is 1.05 bits per heavy atom. The van der Waals surface area contributed by atoms with Gasteiger partial charge in [0.1, 0.15) is 10.6 Å². The van der Waals surface area contributed by atoms with E-state index in [1.165, 1.54) is 13.0 Å². The van der Waals surface area contributed by atoms with Gasteiger partial charge < -0.3 is 5.11 Å². The van der Waals surface area contributed by atoms with Gasteiger partial charge in [0.15, 0.2) is 0 Å². The van der Waals surface area contributed by atoms with Crippen molar-refractivity contribution in [3.8, 4) is 16.9 Å². The van der Waals surface area contributed by atoms with E-state index in [2.05, 4.69) is 0 Å². The number of hydrogen-bond acceptors (Lipinski definition) is 3. The maximum atomic E-state index is 11.4. The number of phenolic OH excluding ortho intramolecular Hbond substituents is 1. The third kappa shape index (κ3) is 2.47. The Hall–Kier alpha value is -1.85. The summed E-state index contributed by atoms with van der Waals surface area (Å²) in [7, 11) is -4.32. The fourth-order valence-corrected chi connectivity index (χ4v) is 3.27. The molecule has 2 rings (SSSR count). The molecule has 2 aromatic rings. The molecular weight excluding hydrogens is 264 g/mol. The van der Waals surface area contributed by atoms with Gasteiger partial charge in [-0.2, -0.15) is 8.42 Å². The summed E-state index contributed by atoms with van der Waals surface area (Å²) in [6, 6.07) is 10.3. The van der Waals surface area contributed by atoms with Crippen LogP contribution < -0.4 is 0 Å². The summed E-state index contributed by atoms with van der Waals surface area (Å²) in [6.45, 7) is 3.10. The van der Waals surface area contributed by atoms with Gasteiger partial charge in [-0.1, -0.05) is 30.3 Å². The molecule has 5 heteroatoms. The molecule has 0 saturated heterocycles. The second-order valence-electron chi connectivity index (χ2n) is 4.38. The van der Waals surface area contributed by atoms with Crippen LogP contribution in [0.4, 0.5) is 0 Å². The minimum absolute atomic E-state index is 0.00593. The lowest BCUT2D eigenvalue weighted by atomic mass is 9.97. The van der Waals surface area contributed by atoms with E-state index in [0.717, 1.165) is 0 Å². The Morgan fingerprint density at radius 3 is 2.16 bits per heavy atom. The molecule has 0 spiro atoms. The van der Waals surface area contributed by atoms with E-state index in [9.17, 15) is 18.1 Å². The highest BCUT2D eigenvalue weighted by atomic mass is 32.2. The van der Waals surface area contributed by atoms with Gasteiger partial charge in [0, 0.05) is 5.56 Å². The van der Waals surface area contributed by atoms with E-state index in [0.29, 0.717) is 22.3 Å². The van der Waals surface area contributed by atoms with Crippen LogP contribution in [-0.4, -0.2) is 18.1 Å². The highest BCUT2D eigenvalue weighted by Gasteiger charge is 2.22. The van der Waals surface area contributed by atoms with E-state index < -0.39 is 10.1 Å². The molecule has 0 bridgehead atoms. The van der Waals surface area contributed by atoms with Crippen LogP contribution >= 0.6 is 0 Å². The van der Waals surface area contributed by atoms with Crippen LogP contribution in [-0.2, 0) is 10.1 Å². The van der Waals surface area contributed by atoms with Gasteiger partial charge in [0.2, 0.25) is 0 Å². The van der Waals surface area contributed by atoms with E-state index in [1.807, 2.05) is 6.07 Å². The predicted octanol–water partition coefficient (Wildman–Crippen LogP) is 2.92. The molecule has 100 valence electrons. The fourth-order valence-electron chi connectivity index (χ4n) is 2.31. The quantitative estimate of drug-likeness (QED) is 0.828. The molecule has 0 amide bonds. The van der Waals surface area contributed by atoms with Crippen molar-refractivity contribution in [1.82, 2.24) is 0 Å². The summed E-state index contributed by atoms with van der Waals surface area (Å²) in [4.78, 5) is -0.149. The van der Waals surface area contributed by atoms with Crippen LogP contribution in [0.2, 0.25) is 0 Å². The largest absolute Gasteiger partial charge is 0.507 e. The van der Waals surface area contributed by atoms with Crippen LogP contribution in [0.5, 0.6) is 5.75 Å². The maximum Gasteiger partial charge on any atom is 0.295 e. The zero-order valence-corrected chi connectivity index (χ0v) is 11.4. The molecule has 0 aliphatic rings. The Bertz CT molecular complexity index is 719. The van der Waals surface area contributed by atoms with Crippen molar-refractivity contribution in [3.05, 3.63) is 47.5 Å². The monoisotopic (exact) mass is 278 g/mol. The molecule has 0 aromatic heterocycles. The standard InChI is InChI=1S/C14H14O4S/c1-9-8-12(15)13(11-6-4-3-5-7-11)10(2)14(9)19(16,17)18/h3-8,15H,1-2H3,(H,16,17,18). The summed E-state index contributed by atoms with van der Waals surface area (Å²) >= 11 is 0. The average Bonchev–Trinajstić information content (AvgIpc) is 2.27. The lowest BCUT2D eigenvalue weighted by molar-refractivity contribution is 0.472. The SMILES string of the molecule is Cc1cc(O)c(-c2ccccc2)c(C)c1S(=O)(=O)O. The number of phenols is 1. The summed E-state index contributed by atoms with van der Waals surface area (Å²) < 4.78 is 32.2. The zero-order valence-electron chi connectivity index (χ0n) is 10.6. The van der Waals surface area contributed by atoms with Crippen molar-refractivity contribution >= 4 is 10.1 Å². The minimum Gasteiger partial charge on any atom is -0.507 e. The molecule has 19 heavy (non-hydrogen) atoms. The lowest BCUT2D eigenvalue weighted by Gasteiger charge is -2.14. The summed E-state index contributed by atoms with van der Waals surface area (Å²) in [6.07, 6.45) is 0. The van der Waals surface area contributed by atoms with Gasteiger partial charge in [-0.25, -0.2) is 0 Å². The highest BCUT2D eigenvalue weighted by Crippen LogP contribution is 2.37. The Labute approximate surface area is 112 Å². The number of aromatic hydroxyl groups is 1. The molecule has 4 nitrogen and oxygen atoms in total. The van der Waals surface area contributed by atoms with Crippen molar-refractivity contribution < 1.29 is 18.1 Å². The lowest BCUT2D eigenvalue weighted by Crippen LogP contribution is -2.05. The Balaban J connectivity index is 2.84. The van der Waals surface area contributed by atoms with Crippen LogP contribution in [0.1, 0.15) is 11.1 Å². The second-order valence-corrected chi connectivity index (χ2v) is 5.74. The Morgan fingerprint density at radius 2 is 1.63 bits per heavy atom. The van der Waals surface area contributed by atoms with Gasteiger partial charge in [-0.15, -0.1) is 0 Å². The van der Waals surface area contributed by atoms with E-state index in [-0.39, 0.29) is 10.6 Å². The molecule has 2 aromatic carbocycles. The third-order valence-corrected chi connectivity index (χ3v) is 4.15. The molecule has 0 heterocycles. The highest BCUT2D eigenvalue weighted by molar-refractivity contribution is 7.86. The van der Waals surface area contributed by atoms with Crippen LogP contribution in [0.25, 0.3) is 11.1 Å². The molecule has 2 N–H and O–H groups in total. The first-order valence-corrected chi connectivity index (χ1v) is 7.12. The first-order valence-electron chi connectivity index (χ1n) is 5.68. The smallest absolute Gasteiger partial charge is 0.295 e. The molecule has 0 aliphatic heterocycles. The van der Waals surface area contributed by atoms with Gasteiger partial charge in [0.25, 0.3) is 10.1 Å². The molecule has 0 saturated carbocycles. The summed E-state index contributed by atoms with van der Waals surface area (Å²) in [5, 5.41) is 10.0. The van der Waals surface area contributed by atoms with E-state index >= 15 is 0 Å². The third-order valence-electron chi connectivity index (χ3n) is 3.00. The van der Waals surface area contributed by atoms with Crippen LogP contribution in [0, 0.1) is 13.8 Å². The maximum absolute atomic E-state index is 11.4. The van der Waals surface area contributed by atoms with Gasteiger partial charge in [0.05, 0.1) is 0 Å². The molecule has 0 fully saturated rings. The summed E-state index contributed by atoms with van der Waals surface area (Å²) in [5.41, 5.74) is 1.77. The van der Waals surface area contributed by atoms with E-state index in [4.69, 9.17) is 0 Å². The number of rotatable bonds is 2. The molecular formula is C14H14O4S. The Kier molecular flexibility index (Phi) is 3.34. The fraction of sp³-hybridized carbons (Fsp3) is 0.143. The number of aryl methyl sites for hydroxylation is 1. The second kappa shape index (κ2) is 4.68. The van der Waals surface area contributed by atoms with Gasteiger partial charge >= 0.3 is 0 Å².